The number of ether oxygens (including phenoxy) is 2. The molecule has 2 aromatic carbocycles. The SMILES string of the molecule is COc1ccc(OC)c(C2CC(c3ccccc3Cl)=NN2C(=O)CN(C)C(=O)NC(C)(C)C)c1. The maximum Gasteiger partial charge on any atom is 0.318 e. The zero-order chi connectivity index (χ0) is 25.0. The van der Waals surface area contributed by atoms with Crippen LogP contribution in [0.4, 0.5) is 4.79 Å². The molecule has 0 aliphatic carbocycles. The van der Waals surface area contributed by atoms with Crippen LogP contribution < -0.4 is 14.8 Å². The minimum absolute atomic E-state index is 0.149. The van der Waals surface area contributed by atoms with Crippen molar-refractivity contribution >= 4 is 29.3 Å². The zero-order valence-electron chi connectivity index (χ0n) is 20.4. The van der Waals surface area contributed by atoms with Crippen molar-refractivity contribution in [2.75, 3.05) is 27.8 Å². The molecule has 1 aliphatic rings. The molecular formula is C25H31ClN4O4. The second kappa shape index (κ2) is 10.3. The predicted octanol–water partition coefficient (Wildman–Crippen LogP) is 4.47. The lowest BCUT2D eigenvalue weighted by molar-refractivity contribution is -0.133. The normalized spacial score (nSPS) is 15.6. The quantitative estimate of drug-likeness (QED) is 0.652. The third kappa shape index (κ3) is 5.80. The minimum atomic E-state index is -0.456. The van der Waals surface area contributed by atoms with Crippen molar-refractivity contribution in [3.05, 3.63) is 58.6 Å². The smallest absolute Gasteiger partial charge is 0.318 e. The number of nitrogens with zero attached hydrogens (tertiary/aromatic N) is 3. The molecule has 34 heavy (non-hydrogen) atoms. The highest BCUT2D eigenvalue weighted by Crippen LogP contribution is 2.40. The van der Waals surface area contributed by atoms with Crippen LogP contribution in [0.3, 0.4) is 0 Å². The lowest BCUT2D eigenvalue weighted by Crippen LogP contribution is -2.49. The van der Waals surface area contributed by atoms with Gasteiger partial charge in [-0.1, -0.05) is 29.8 Å². The fourth-order valence-electron chi connectivity index (χ4n) is 3.70. The Kier molecular flexibility index (Phi) is 7.71. The number of carbonyl (C=O) groups excluding carboxylic acids is 2. The topological polar surface area (TPSA) is 83.5 Å². The predicted molar refractivity (Wildman–Crippen MR) is 133 cm³/mol. The standard InChI is InChI=1S/C25H31ClN4O4/c1-25(2,3)27-24(32)29(4)15-23(31)30-21(18-13-16(33-5)11-12-22(18)34-6)14-20(28-30)17-9-7-8-10-19(17)26/h7-13,21H,14-15H2,1-6H3,(H,27,32). The molecule has 8 nitrogen and oxygen atoms in total. The number of carbonyl (C=O) groups is 2. The first-order valence-corrected chi connectivity index (χ1v) is 11.3. The maximum atomic E-state index is 13.4. The molecular weight excluding hydrogens is 456 g/mol. The first kappa shape index (κ1) is 25.4. The van der Waals surface area contributed by atoms with Gasteiger partial charge in [-0.05, 0) is 45.0 Å². The van der Waals surface area contributed by atoms with E-state index < -0.39 is 11.6 Å². The molecule has 0 spiro atoms. The van der Waals surface area contributed by atoms with Crippen LogP contribution >= 0.6 is 11.6 Å². The molecule has 3 amide bonds. The Morgan fingerprint density at radius 3 is 2.50 bits per heavy atom. The number of amides is 3. The van der Waals surface area contributed by atoms with Crippen LogP contribution in [-0.4, -0.2) is 60.9 Å². The summed E-state index contributed by atoms with van der Waals surface area (Å²) >= 11 is 6.43. The Hall–Kier alpha value is -3.26. The van der Waals surface area contributed by atoms with Crippen molar-refractivity contribution in [2.24, 2.45) is 5.10 Å². The summed E-state index contributed by atoms with van der Waals surface area (Å²) in [5.41, 5.74) is 1.76. The van der Waals surface area contributed by atoms with E-state index in [-0.39, 0.29) is 18.5 Å². The van der Waals surface area contributed by atoms with Crippen LogP contribution in [0.1, 0.15) is 44.4 Å². The third-order valence-electron chi connectivity index (χ3n) is 5.35. The molecule has 1 N–H and O–H groups in total. The van der Waals surface area contributed by atoms with E-state index in [0.29, 0.717) is 28.7 Å². The molecule has 0 saturated carbocycles. The van der Waals surface area contributed by atoms with Gasteiger partial charge in [-0.15, -0.1) is 0 Å². The van der Waals surface area contributed by atoms with Gasteiger partial charge >= 0.3 is 6.03 Å². The van der Waals surface area contributed by atoms with E-state index in [1.807, 2.05) is 45.0 Å². The van der Waals surface area contributed by atoms with Gasteiger partial charge in [0.25, 0.3) is 5.91 Å². The highest BCUT2D eigenvalue weighted by Gasteiger charge is 2.36. The summed E-state index contributed by atoms with van der Waals surface area (Å²) in [4.78, 5) is 27.3. The Morgan fingerprint density at radius 2 is 1.88 bits per heavy atom. The van der Waals surface area contributed by atoms with E-state index in [9.17, 15) is 9.59 Å². The van der Waals surface area contributed by atoms with E-state index in [2.05, 4.69) is 10.4 Å². The summed E-state index contributed by atoms with van der Waals surface area (Å²) in [6, 6.07) is 12.0. The summed E-state index contributed by atoms with van der Waals surface area (Å²) in [5.74, 6) is 0.914. The fourth-order valence-corrected chi connectivity index (χ4v) is 3.95. The molecule has 9 heteroatoms. The first-order chi connectivity index (χ1) is 16.0. The van der Waals surface area contributed by atoms with E-state index in [1.165, 1.54) is 9.91 Å². The van der Waals surface area contributed by atoms with Crippen LogP contribution in [0, 0.1) is 0 Å². The number of likely N-dealkylation sites (N-methyl/N-ethyl adjacent to an activating group) is 1. The van der Waals surface area contributed by atoms with Gasteiger partial charge in [0.15, 0.2) is 0 Å². The molecule has 1 heterocycles. The monoisotopic (exact) mass is 486 g/mol. The second-order valence-corrected chi connectivity index (χ2v) is 9.54. The molecule has 182 valence electrons. The molecule has 2 aromatic rings. The highest BCUT2D eigenvalue weighted by atomic mass is 35.5. The summed E-state index contributed by atoms with van der Waals surface area (Å²) in [7, 11) is 4.74. The number of rotatable bonds is 6. The molecule has 1 atom stereocenters. The number of nitrogens with one attached hydrogen (secondary N) is 1. The number of methoxy groups -OCH3 is 2. The van der Waals surface area contributed by atoms with Gasteiger partial charge in [0.1, 0.15) is 18.0 Å². The van der Waals surface area contributed by atoms with E-state index in [4.69, 9.17) is 21.1 Å². The molecule has 0 saturated heterocycles. The molecule has 1 unspecified atom stereocenters. The van der Waals surface area contributed by atoms with Crippen molar-refractivity contribution in [3.63, 3.8) is 0 Å². The van der Waals surface area contributed by atoms with Crippen molar-refractivity contribution in [1.29, 1.82) is 0 Å². The van der Waals surface area contributed by atoms with Gasteiger partial charge in [-0.25, -0.2) is 9.80 Å². The number of benzene rings is 2. The molecule has 0 aromatic heterocycles. The summed E-state index contributed by atoms with van der Waals surface area (Å²) in [5, 5.41) is 9.48. The van der Waals surface area contributed by atoms with Gasteiger partial charge in [-0.3, -0.25) is 4.79 Å². The number of urea groups is 1. The Balaban J connectivity index is 1.96. The van der Waals surface area contributed by atoms with Gasteiger partial charge < -0.3 is 19.7 Å². The largest absolute Gasteiger partial charge is 0.497 e. The summed E-state index contributed by atoms with van der Waals surface area (Å²) in [6.45, 7) is 5.49. The Labute approximate surface area is 205 Å². The van der Waals surface area contributed by atoms with Crippen molar-refractivity contribution in [3.8, 4) is 11.5 Å². The number of hydrogen-bond donors (Lipinski definition) is 1. The number of hydrogen-bond acceptors (Lipinski definition) is 5. The molecule has 0 radical (unpaired) electrons. The zero-order valence-corrected chi connectivity index (χ0v) is 21.1. The van der Waals surface area contributed by atoms with Gasteiger partial charge in [0.05, 0.1) is 26.0 Å². The average molecular weight is 487 g/mol. The van der Waals surface area contributed by atoms with Crippen LogP contribution in [0.15, 0.2) is 47.6 Å². The van der Waals surface area contributed by atoms with Gasteiger partial charge in [-0.2, -0.15) is 5.10 Å². The average Bonchev–Trinajstić information content (AvgIpc) is 3.23. The molecule has 1 aliphatic heterocycles. The van der Waals surface area contributed by atoms with Crippen molar-refractivity contribution < 1.29 is 19.1 Å². The summed E-state index contributed by atoms with van der Waals surface area (Å²) < 4.78 is 11.0. The van der Waals surface area contributed by atoms with Crippen LogP contribution in [0.2, 0.25) is 5.02 Å². The molecule has 0 bridgehead atoms. The lowest BCUT2D eigenvalue weighted by atomic mass is 9.97. The van der Waals surface area contributed by atoms with Crippen molar-refractivity contribution in [1.82, 2.24) is 15.2 Å². The molecule has 3 rings (SSSR count). The van der Waals surface area contributed by atoms with Crippen LogP contribution in [0.5, 0.6) is 11.5 Å². The van der Waals surface area contributed by atoms with Crippen LogP contribution in [-0.2, 0) is 4.79 Å². The van der Waals surface area contributed by atoms with E-state index in [0.717, 1.165) is 11.1 Å². The minimum Gasteiger partial charge on any atom is -0.497 e. The van der Waals surface area contributed by atoms with E-state index >= 15 is 0 Å². The van der Waals surface area contributed by atoms with E-state index in [1.54, 1.807) is 39.5 Å². The fraction of sp³-hybridized carbons (Fsp3) is 0.400. The lowest BCUT2D eigenvalue weighted by Gasteiger charge is -2.28. The van der Waals surface area contributed by atoms with Gasteiger partial charge in [0.2, 0.25) is 0 Å². The summed E-state index contributed by atoms with van der Waals surface area (Å²) in [6.07, 6.45) is 0.427. The maximum absolute atomic E-state index is 13.4. The number of halogens is 1. The highest BCUT2D eigenvalue weighted by molar-refractivity contribution is 6.34. The second-order valence-electron chi connectivity index (χ2n) is 9.13. The van der Waals surface area contributed by atoms with Gasteiger partial charge in [0, 0.05) is 35.2 Å². The Bertz CT molecular complexity index is 1100. The Morgan fingerprint density at radius 1 is 1.18 bits per heavy atom. The van der Waals surface area contributed by atoms with Crippen molar-refractivity contribution in [2.45, 2.75) is 38.8 Å². The molecule has 0 fully saturated rings. The first-order valence-electron chi connectivity index (χ1n) is 10.9. The third-order valence-corrected chi connectivity index (χ3v) is 5.68. The van der Waals surface area contributed by atoms with Crippen LogP contribution in [0.25, 0.3) is 0 Å². The number of hydrazone groups is 1.